The maximum absolute atomic E-state index is 12.4. The zero-order valence-corrected chi connectivity index (χ0v) is 13.6. The van der Waals surface area contributed by atoms with Gasteiger partial charge in [0.1, 0.15) is 6.04 Å². The average molecular weight is 330 g/mol. The Bertz CT molecular complexity index is 801. The highest BCUT2D eigenvalue weighted by molar-refractivity contribution is 7.89. The van der Waals surface area contributed by atoms with E-state index in [1.807, 2.05) is 37.3 Å². The molecule has 0 aromatic heterocycles. The van der Waals surface area contributed by atoms with Crippen molar-refractivity contribution in [3.63, 3.8) is 0 Å². The Morgan fingerprint density at radius 2 is 1.78 bits per heavy atom. The highest BCUT2D eigenvalue weighted by Crippen LogP contribution is 2.28. The van der Waals surface area contributed by atoms with Crippen LogP contribution in [0.15, 0.2) is 59.5 Å². The molecule has 1 saturated heterocycles. The van der Waals surface area contributed by atoms with Gasteiger partial charge in [0.2, 0.25) is 15.9 Å². The summed E-state index contributed by atoms with van der Waals surface area (Å²) < 4.78 is 26.1. The number of aryl methyl sites for hydroxylation is 1. The maximum Gasteiger partial charge on any atom is 0.243 e. The second-order valence-electron chi connectivity index (χ2n) is 5.61. The van der Waals surface area contributed by atoms with Crippen LogP contribution < -0.4 is 5.32 Å². The smallest absolute Gasteiger partial charge is 0.243 e. The number of hydrogen-bond acceptors (Lipinski definition) is 3. The molecule has 1 heterocycles. The van der Waals surface area contributed by atoms with Gasteiger partial charge in [-0.1, -0.05) is 48.0 Å². The summed E-state index contributed by atoms with van der Waals surface area (Å²) in [6.45, 7) is 2.53. The van der Waals surface area contributed by atoms with Crippen molar-refractivity contribution in [2.45, 2.75) is 24.4 Å². The molecule has 2 unspecified atom stereocenters. The molecule has 120 valence electrons. The van der Waals surface area contributed by atoms with E-state index in [2.05, 4.69) is 5.32 Å². The number of nitrogens with one attached hydrogen (secondary N) is 1. The molecule has 0 saturated carbocycles. The van der Waals surface area contributed by atoms with Gasteiger partial charge in [-0.3, -0.25) is 4.79 Å². The summed E-state index contributed by atoms with van der Waals surface area (Å²) in [6, 6.07) is 15.6. The van der Waals surface area contributed by atoms with E-state index >= 15 is 0 Å². The van der Waals surface area contributed by atoms with Crippen molar-refractivity contribution >= 4 is 15.9 Å². The van der Waals surface area contributed by atoms with Crippen LogP contribution in [0.2, 0.25) is 0 Å². The highest BCUT2D eigenvalue weighted by Gasteiger charge is 2.49. The molecular formula is C17H18N2O3S. The molecule has 5 nitrogen and oxygen atoms in total. The molecule has 1 amide bonds. The quantitative estimate of drug-likeness (QED) is 0.848. The van der Waals surface area contributed by atoms with Crippen molar-refractivity contribution in [2.24, 2.45) is 0 Å². The van der Waals surface area contributed by atoms with Gasteiger partial charge in [0.25, 0.3) is 0 Å². The van der Waals surface area contributed by atoms with Gasteiger partial charge in [-0.25, -0.2) is 8.42 Å². The normalized spacial score (nSPS) is 20.0. The molecule has 1 N–H and O–H groups in total. The zero-order chi connectivity index (χ0) is 16.4. The van der Waals surface area contributed by atoms with Crippen molar-refractivity contribution in [1.82, 2.24) is 9.62 Å². The molecular weight excluding hydrogens is 312 g/mol. The lowest BCUT2D eigenvalue weighted by atomic mass is 10.2. The van der Waals surface area contributed by atoms with Gasteiger partial charge in [0, 0.05) is 13.1 Å². The van der Waals surface area contributed by atoms with Crippen molar-refractivity contribution in [3.8, 4) is 0 Å². The van der Waals surface area contributed by atoms with E-state index < -0.39 is 16.1 Å². The van der Waals surface area contributed by atoms with Crippen LogP contribution in [0.5, 0.6) is 0 Å². The lowest BCUT2D eigenvalue weighted by molar-refractivity contribution is -0.121. The van der Waals surface area contributed by atoms with E-state index in [0.717, 1.165) is 11.1 Å². The Morgan fingerprint density at radius 3 is 2.43 bits per heavy atom. The molecule has 1 fully saturated rings. The van der Waals surface area contributed by atoms with Crippen LogP contribution in [0.3, 0.4) is 0 Å². The first kappa shape index (κ1) is 15.7. The molecule has 0 radical (unpaired) electrons. The maximum atomic E-state index is 12.4. The van der Waals surface area contributed by atoms with Crippen LogP contribution in [0.25, 0.3) is 0 Å². The lowest BCUT2D eigenvalue weighted by Crippen LogP contribution is -2.31. The van der Waals surface area contributed by atoms with Crippen LogP contribution in [-0.4, -0.2) is 31.2 Å². The number of benzene rings is 2. The van der Waals surface area contributed by atoms with Crippen LogP contribution in [0.1, 0.15) is 11.1 Å². The van der Waals surface area contributed by atoms with E-state index in [0.29, 0.717) is 6.54 Å². The minimum absolute atomic E-state index is 0.224. The second-order valence-corrected chi connectivity index (χ2v) is 7.50. The number of carbonyl (C=O) groups is 1. The Labute approximate surface area is 136 Å². The number of rotatable bonds is 5. The van der Waals surface area contributed by atoms with Gasteiger partial charge in [-0.15, -0.1) is 0 Å². The molecule has 23 heavy (non-hydrogen) atoms. The summed E-state index contributed by atoms with van der Waals surface area (Å²) in [4.78, 5) is 12.3. The largest absolute Gasteiger partial charge is 0.351 e. The number of hydrogen-bond donors (Lipinski definition) is 1. The molecule has 6 heteroatoms. The first-order chi connectivity index (χ1) is 11.0. The molecule has 2 aromatic carbocycles. The lowest BCUT2D eigenvalue weighted by Gasteiger charge is -2.08. The Morgan fingerprint density at radius 1 is 1.13 bits per heavy atom. The third-order valence-electron chi connectivity index (χ3n) is 3.81. The SMILES string of the molecule is Cc1ccc(S(=O)(=O)N2CC2C(=O)NCc2ccccc2)cc1. The van der Waals surface area contributed by atoms with Crippen molar-refractivity contribution in [3.05, 3.63) is 65.7 Å². The van der Waals surface area contributed by atoms with Gasteiger partial charge >= 0.3 is 0 Å². The predicted octanol–water partition coefficient (Wildman–Crippen LogP) is 1.68. The van der Waals surface area contributed by atoms with E-state index in [4.69, 9.17) is 0 Å². The summed E-state index contributed by atoms with van der Waals surface area (Å²) in [5.74, 6) is -0.260. The minimum atomic E-state index is -3.59. The summed E-state index contributed by atoms with van der Waals surface area (Å²) in [7, 11) is -3.59. The van der Waals surface area contributed by atoms with Crippen molar-refractivity contribution in [1.29, 1.82) is 0 Å². The topological polar surface area (TPSA) is 66.2 Å². The molecule has 2 aromatic rings. The number of amides is 1. The summed E-state index contributed by atoms with van der Waals surface area (Å²) in [5, 5.41) is 2.78. The molecule has 0 bridgehead atoms. The van der Waals surface area contributed by atoms with Crippen molar-refractivity contribution < 1.29 is 13.2 Å². The van der Waals surface area contributed by atoms with Gasteiger partial charge in [0.05, 0.1) is 4.90 Å². The monoisotopic (exact) mass is 330 g/mol. The Kier molecular flexibility index (Phi) is 4.19. The van der Waals surface area contributed by atoms with Crippen LogP contribution in [-0.2, 0) is 21.4 Å². The first-order valence-corrected chi connectivity index (χ1v) is 8.82. The van der Waals surface area contributed by atoms with Gasteiger partial charge < -0.3 is 5.32 Å². The molecule has 0 aliphatic carbocycles. The Balaban J connectivity index is 1.62. The predicted molar refractivity (Wildman–Crippen MR) is 87.1 cm³/mol. The summed E-state index contributed by atoms with van der Waals surface area (Å²) in [6.07, 6.45) is 0. The van der Waals surface area contributed by atoms with Gasteiger partial charge in [-0.05, 0) is 24.6 Å². The fourth-order valence-electron chi connectivity index (χ4n) is 2.35. The molecule has 2 atom stereocenters. The molecule has 3 rings (SSSR count). The van der Waals surface area contributed by atoms with Crippen molar-refractivity contribution in [2.75, 3.05) is 6.54 Å². The third-order valence-corrected chi connectivity index (χ3v) is 5.70. The number of carbonyl (C=O) groups excluding carboxylic acids is 1. The standard InChI is InChI=1S/C17H18N2O3S/c1-13-7-9-15(10-8-13)23(21,22)19-12-16(19)17(20)18-11-14-5-3-2-4-6-14/h2-10,16H,11-12H2,1H3,(H,18,20). The van der Waals surface area contributed by atoms with Crippen LogP contribution in [0, 0.1) is 6.92 Å². The summed E-state index contributed by atoms with van der Waals surface area (Å²) in [5.41, 5.74) is 1.97. The minimum Gasteiger partial charge on any atom is -0.351 e. The molecule has 0 spiro atoms. The zero-order valence-electron chi connectivity index (χ0n) is 12.8. The van der Waals surface area contributed by atoms with Crippen LogP contribution >= 0.6 is 0 Å². The average Bonchev–Trinajstić information content (AvgIpc) is 3.35. The van der Waals surface area contributed by atoms with Gasteiger partial charge in [0.15, 0.2) is 0 Å². The van der Waals surface area contributed by atoms with Gasteiger partial charge in [-0.2, -0.15) is 4.31 Å². The van der Waals surface area contributed by atoms with E-state index in [-0.39, 0.29) is 17.3 Å². The van der Waals surface area contributed by atoms with E-state index in [9.17, 15) is 13.2 Å². The van der Waals surface area contributed by atoms with Crippen LogP contribution in [0.4, 0.5) is 0 Å². The molecule has 1 aliphatic rings. The highest BCUT2D eigenvalue weighted by atomic mass is 32.2. The fraction of sp³-hybridized carbons (Fsp3) is 0.235. The second kappa shape index (κ2) is 6.14. The third kappa shape index (κ3) is 3.43. The molecule has 1 aliphatic heterocycles. The summed E-state index contributed by atoms with van der Waals surface area (Å²) >= 11 is 0. The number of nitrogens with zero attached hydrogens (tertiary/aromatic N) is 1. The van der Waals surface area contributed by atoms with E-state index in [1.165, 1.54) is 4.31 Å². The van der Waals surface area contributed by atoms with E-state index in [1.54, 1.807) is 24.3 Å². The Hall–Kier alpha value is -2.18. The fourth-order valence-corrected chi connectivity index (χ4v) is 3.87. The first-order valence-electron chi connectivity index (χ1n) is 7.38. The number of sulfonamides is 1.